The van der Waals surface area contributed by atoms with Gasteiger partial charge in [0.25, 0.3) is 0 Å². The number of nitrogens with zero attached hydrogens (tertiary/aromatic N) is 2. The summed E-state index contributed by atoms with van der Waals surface area (Å²) >= 11 is 0. The molecule has 0 spiro atoms. The van der Waals surface area contributed by atoms with Gasteiger partial charge in [0.05, 0.1) is 5.56 Å². The molecule has 7 heteroatoms. The van der Waals surface area contributed by atoms with Gasteiger partial charge in [-0.05, 0) is 54.8 Å². The van der Waals surface area contributed by atoms with Gasteiger partial charge in [-0.2, -0.15) is 13.2 Å². The Bertz CT molecular complexity index is 1010. The molecule has 1 aromatic heterocycles. The van der Waals surface area contributed by atoms with Crippen LogP contribution in [0.15, 0.2) is 60.8 Å². The van der Waals surface area contributed by atoms with Crippen molar-refractivity contribution in [3.8, 4) is 0 Å². The maximum Gasteiger partial charge on any atom is 0.416 e. The van der Waals surface area contributed by atoms with Crippen LogP contribution in [0.3, 0.4) is 0 Å². The van der Waals surface area contributed by atoms with Crippen molar-refractivity contribution in [1.29, 1.82) is 0 Å². The fourth-order valence-corrected chi connectivity index (χ4v) is 3.54. The van der Waals surface area contributed by atoms with Gasteiger partial charge in [-0.3, -0.25) is 4.90 Å². The fourth-order valence-electron chi connectivity index (χ4n) is 3.54. The van der Waals surface area contributed by atoms with Crippen LogP contribution in [0, 0.1) is 17.6 Å². The van der Waals surface area contributed by atoms with Crippen molar-refractivity contribution in [3.63, 3.8) is 0 Å². The summed E-state index contributed by atoms with van der Waals surface area (Å²) in [6.45, 7) is 6.12. The summed E-state index contributed by atoms with van der Waals surface area (Å²) in [7, 11) is 0. The van der Waals surface area contributed by atoms with E-state index in [2.05, 4.69) is 18.7 Å². The third-order valence-electron chi connectivity index (χ3n) is 5.39. The molecule has 0 saturated heterocycles. The molecule has 3 rings (SSSR count). The lowest BCUT2D eigenvalue weighted by Gasteiger charge is -2.24. The molecule has 32 heavy (non-hydrogen) atoms. The molecule has 2 aromatic carbocycles. The zero-order valence-electron chi connectivity index (χ0n) is 18.2. The van der Waals surface area contributed by atoms with Crippen LogP contribution in [-0.2, 0) is 25.8 Å². The smallest absolute Gasteiger partial charge is 0.346 e. The Morgan fingerprint density at radius 1 is 0.906 bits per heavy atom. The molecule has 0 radical (unpaired) electrons. The van der Waals surface area contributed by atoms with E-state index in [0.717, 1.165) is 35.9 Å². The van der Waals surface area contributed by atoms with E-state index in [9.17, 15) is 22.0 Å². The molecular formula is C25H27F5N2. The van der Waals surface area contributed by atoms with E-state index in [-0.39, 0.29) is 6.54 Å². The lowest BCUT2D eigenvalue weighted by molar-refractivity contribution is -0.137. The standard InChI is InChI=1S/C25H27F5N2/c1-18(2)12-14-31(16-20-5-3-7-23(26)24(20)27)17-22-6-4-13-32(22)15-19-8-10-21(11-9-19)25(28,29)30/h3-11,13,18H,12,14-17H2,1-2H3. The van der Waals surface area contributed by atoms with E-state index >= 15 is 0 Å². The van der Waals surface area contributed by atoms with Gasteiger partial charge in [0, 0.05) is 37.1 Å². The molecule has 2 nitrogen and oxygen atoms in total. The first-order valence-corrected chi connectivity index (χ1v) is 10.6. The summed E-state index contributed by atoms with van der Waals surface area (Å²) in [6.07, 6.45) is -1.59. The van der Waals surface area contributed by atoms with Gasteiger partial charge >= 0.3 is 6.18 Å². The number of aromatic nitrogens is 1. The van der Waals surface area contributed by atoms with Crippen LogP contribution in [0.2, 0.25) is 0 Å². The first-order chi connectivity index (χ1) is 15.1. The zero-order valence-corrected chi connectivity index (χ0v) is 18.2. The second-order valence-electron chi connectivity index (χ2n) is 8.43. The van der Waals surface area contributed by atoms with E-state index in [1.807, 2.05) is 22.9 Å². The summed E-state index contributed by atoms with van der Waals surface area (Å²) in [5.41, 5.74) is 1.33. The van der Waals surface area contributed by atoms with Crippen molar-refractivity contribution < 1.29 is 22.0 Å². The second kappa shape index (κ2) is 10.3. The highest BCUT2D eigenvalue weighted by Gasteiger charge is 2.29. The van der Waals surface area contributed by atoms with Gasteiger partial charge in [-0.15, -0.1) is 0 Å². The van der Waals surface area contributed by atoms with Gasteiger partial charge in [0.1, 0.15) is 0 Å². The van der Waals surface area contributed by atoms with Gasteiger partial charge in [-0.25, -0.2) is 8.78 Å². The predicted molar refractivity (Wildman–Crippen MR) is 115 cm³/mol. The number of halogens is 5. The average Bonchev–Trinajstić information content (AvgIpc) is 3.15. The highest BCUT2D eigenvalue weighted by atomic mass is 19.4. The Hall–Kier alpha value is -2.67. The van der Waals surface area contributed by atoms with E-state index in [1.165, 1.54) is 18.2 Å². The molecule has 1 heterocycles. The normalized spacial score (nSPS) is 12.2. The van der Waals surface area contributed by atoms with Gasteiger partial charge in [0.2, 0.25) is 0 Å². The quantitative estimate of drug-likeness (QED) is 0.323. The summed E-state index contributed by atoms with van der Waals surface area (Å²) < 4.78 is 68.3. The Morgan fingerprint density at radius 3 is 2.28 bits per heavy atom. The van der Waals surface area contributed by atoms with Crippen molar-refractivity contribution in [2.24, 2.45) is 5.92 Å². The lowest BCUT2D eigenvalue weighted by Crippen LogP contribution is -2.27. The SMILES string of the molecule is CC(C)CCN(Cc1cccc(F)c1F)Cc1cccn1Cc1ccc(C(F)(F)F)cc1. The van der Waals surface area contributed by atoms with Crippen LogP contribution >= 0.6 is 0 Å². The predicted octanol–water partition coefficient (Wildman–Crippen LogP) is 6.88. The Labute approximate surface area is 185 Å². The maximum absolute atomic E-state index is 14.2. The Morgan fingerprint density at radius 2 is 1.62 bits per heavy atom. The van der Waals surface area contributed by atoms with E-state index < -0.39 is 23.4 Å². The average molecular weight is 450 g/mol. The fraction of sp³-hybridized carbons (Fsp3) is 0.360. The van der Waals surface area contributed by atoms with Crippen LogP contribution in [-0.4, -0.2) is 16.0 Å². The molecule has 0 N–H and O–H groups in total. The van der Waals surface area contributed by atoms with E-state index in [1.54, 1.807) is 6.07 Å². The van der Waals surface area contributed by atoms with E-state index in [0.29, 0.717) is 31.1 Å². The van der Waals surface area contributed by atoms with Gasteiger partial charge in [-0.1, -0.05) is 38.1 Å². The van der Waals surface area contributed by atoms with Crippen molar-refractivity contribution in [2.75, 3.05) is 6.54 Å². The molecule has 0 aliphatic rings. The third-order valence-corrected chi connectivity index (χ3v) is 5.39. The van der Waals surface area contributed by atoms with Crippen LogP contribution in [0.25, 0.3) is 0 Å². The van der Waals surface area contributed by atoms with Crippen molar-refractivity contribution >= 4 is 0 Å². The summed E-state index contributed by atoms with van der Waals surface area (Å²) in [4.78, 5) is 2.07. The zero-order chi connectivity index (χ0) is 23.3. The first kappa shape index (κ1) is 24.0. The molecule has 3 aromatic rings. The highest BCUT2D eigenvalue weighted by molar-refractivity contribution is 5.25. The lowest BCUT2D eigenvalue weighted by atomic mass is 10.1. The molecule has 0 fully saturated rings. The molecule has 0 bridgehead atoms. The van der Waals surface area contributed by atoms with Crippen molar-refractivity contribution in [2.45, 2.75) is 46.1 Å². The molecule has 172 valence electrons. The number of alkyl halides is 3. The molecule has 0 aliphatic heterocycles. The molecule has 0 aliphatic carbocycles. The van der Waals surface area contributed by atoms with Crippen molar-refractivity contribution in [1.82, 2.24) is 9.47 Å². The Kier molecular flexibility index (Phi) is 7.72. The Balaban J connectivity index is 1.75. The first-order valence-electron chi connectivity index (χ1n) is 10.6. The van der Waals surface area contributed by atoms with Crippen LogP contribution in [0.1, 0.15) is 42.7 Å². The van der Waals surface area contributed by atoms with Crippen LogP contribution in [0.4, 0.5) is 22.0 Å². The van der Waals surface area contributed by atoms with E-state index in [4.69, 9.17) is 0 Å². The molecular weight excluding hydrogens is 423 g/mol. The number of hydrogen-bond acceptors (Lipinski definition) is 1. The van der Waals surface area contributed by atoms with Gasteiger partial charge < -0.3 is 4.57 Å². The third kappa shape index (κ3) is 6.42. The minimum Gasteiger partial charge on any atom is -0.346 e. The summed E-state index contributed by atoms with van der Waals surface area (Å²) in [5.74, 6) is -1.24. The largest absolute Gasteiger partial charge is 0.416 e. The molecule has 0 atom stereocenters. The monoisotopic (exact) mass is 450 g/mol. The van der Waals surface area contributed by atoms with Crippen LogP contribution in [0.5, 0.6) is 0 Å². The molecule has 0 unspecified atom stereocenters. The maximum atomic E-state index is 14.2. The number of rotatable bonds is 9. The minimum atomic E-state index is -4.36. The van der Waals surface area contributed by atoms with Crippen molar-refractivity contribution in [3.05, 3.63) is 94.8 Å². The topological polar surface area (TPSA) is 8.17 Å². The number of benzene rings is 2. The van der Waals surface area contributed by atoms with Crippen LogP contribution < -0.4 is 0 Å². The highest BCUT2D eigenvalue weighted by Crippen LogP contribution is 2.29. The van der Waals surface area contributed by atoms with Gasteiger partial charge in [0.15, 0.2) is 11.6 Å². The number of hydrogen-bond donors (Lipinski definition) is 0. The molecule has 0 amide bonds. The molecule has 0 saturated carbocycles. The summed E-state index contributed by atoms with van der Waals surface area (Å²) in [6, 6.07) is 13.1. The second-order valence-corrected chi connectivity index (χ2v) is 8.43. The minimum absolute atomic E-state index is 0.266. The summed E-state index contributed by atoms with van der Waals surface area (Å²) in [5, 5.41) is 0.